The lowest BCUT2D eigenvalue weighted by Gasteiger charge is -2.15. The Balaban J connectivity index is 3.13. The number of rotatable bonds is 3. The largest absolute Gasteiger partial charge is 0.397 e. The molecule has 0 aromatic heterocycles. The van der Waals surface area contributed by atoms with Gasteiger partial charge in [0.25, 0.3) is 0 Å². The summed E-state index contributed by atoms with van der Waals surface area (Å²) in [5, 5.41) is 2.68. The minimum Gasteiger partial charge on any atom is -0.397 e. The van der Waals surface area contributed by atoms with E-state index >= 15 is 0 Å². The predicted molar refractivity (Wildman–Crippen MR) is 74.8 cm³/mol. The van der Waals surface area contributed by atoms with Crippen LogP contribution in [0.25, 0.3) is 0 Å². The van der Waals surface area contributed by atoms with E-state index in [2.05, 4.69) is 5.32 Å². The van der Waals surface area contributed by atoms with Gasteiger partial charge in [0.1, 0.15) is 5.25 Å². The van der Waals surface area contributed by atoms with Crippen molar-refractivity contribution in [3.05, 3.63) is 23.8 Å². The fourth-order valence-corrected chi connectivity index (χ4v) is 2.97. The summed E-state index contributed by atoms with van der Waals surface area (Å²) in [6, 6.07) is 3.78. The number of carbonyl (C=O) groups is 2. The summed E-state index contributed by atoms with van der Waals surface area (Å²) in [6.07, 6.45) is 0. The molecule has 0 saturated carbocycles. The summed E-state index contributed by atoms with van der Waals surface area (Å²) in [5.41, 5.74) is 6.45. The molecule has 0 fully saturated rings. The number of hydrogen-bond donors (Lipinski definition) is 3. The van der Waals surface area contributed by atoms with E-state index in [0.29, 0.717) is 5.56 Å². The van der Waals surface area contributed by atoms with Gasteiger partial charge < -0.3 is 11.1 Å². The summed E-state index contributed by atoms with van der Waals surface area (Å²) in [7, 11) is -2.64. The molecule has 7 nitrogen and oxygen atoms in total. The van der Waals surface area contributed by atoms with Crippen LogP contribution >= 0.6 is 0 Å². The van der Waals surface area contributed by atoms with Gasteiger partial charge in [-0.3, -0.25) is 10.1 Å². The maximum atomic E-state index is 12.3. The van der Waals surface area contributed by atoms with Gasteiger partial charge in [-0.2, -0.15) is 0 Å². The van der Waals surface area contributed by atoms with E-state index in [4.69, 9.17) is 5.73 Å². The zero-order valence-electron chi connectivity index (χ0n) is 11.4. The number of carbonyl (C=O) groups excluding carboxylic acids is 2. The monoisotopic (exact) mass is 299 g/mol. The van der Waals surface area contributed by atoms with Gasteiger partial charge in [-0.05, 0) is 25.5 Å². The fourth-order valence-electron chi connectivity index (χ4n) is 1.51. The van der Waals surface area contributed by atoms with Gasteiger partial charge in [-0.25, -0.2) is 13.2 Å². The van der Waals surface area contributed by atoms with E-state index in [-0.39, 0.29) is 10.6 Å². The van der Waals surface area contributed by atoms with E-state index < -0.39 is 27.0 Å². The Morgan fingerprint density at radius 1 is 1.30 bits per heavy atom. The first-order valence-electron chi connectivity index (χ1n) is 5.83. The molecule has 1 aromatic rings. The molecule has 0 radical (unpaired) electrons. The fraction of sp³-hybridized carbons (Fsp3) is 0.333. The van der Waals surface area contributed by atoms with Crippen molar-refractivity contribution in [1.29, 1.82) is 0 Å². The maximum Gasteiger partial charge on any atom is 0.321 e. The number of amides is 3. The molecule has 0 aliphatic rings. The van der Waals surface area contributed by atoms with Crippen molar-refractivity contribution < 1.29 is 18.0 Å². The second kappa shape index (κ2) is 5.91. The van der Waals surface area contributed by atoms with Gasteiger partial charge >= 0.3 is 6.03 Å². The zero-order valence-corrected chi connectivity index (χ0v) is 12.2. The van der Waals surface area contributed by atoms with Crippen LogP contribution in [0.5, 0.6) is 0 Å². The van der Waals surface area contributed by atoms with Crippen LogP contribution in [-0.4, -0.2) is 32.7 Å². The Bertz CT molecular complexity index is 640. The lowest BCUT2D eigenvalue weighted by molar-refractivity contribution is -0.119. The first kappa shape index (κ1) is 16.0. The normalized spacial score (nSPS) is 12.6. The van der Waals surface area contributed by atoms with Crippen molar-refractivity contribution in [3.8, 4) is 0 Å². The average Bonchev–Trinajstić information content (AvgIpc) is 2.40. The highest BCUT2D eigenvalue weighted by Gasteiger charge is 2.32. The topological polar surface area (TPSA) is 118 Å². The highest BCUT2D eigenvalue weighted by Crippen LogP contribution is 2.25. The van der Waals surface area contributed by atoms with E-state index in [1.165, 1.54) is 20.0 Å². The Morgan fingerprint density at radius 3 is 2.45 bits per heavy atom. The molecule has 110 valence electrons. The number of nitrogen functional groups attached to an aromatic ring is 1. The Labute approximate surface area is 117 Å². The first-order valence-corrected chi connectivity index (χ1v) is 7.38. The number of para-hydroxylation sites is 1. The van der Waals surface area contributed by atoms with E-state index in [0.717, 1.165) is 0 Å². The highest BCUT2D eigenvalue weighted by atomic mass is 32.2. The summed E-state index contributed by atoms with van der Waals surface area (Å²) in [6.45, 7) is 2.87. The molecular weight excluding hydrogens is 282 g/mol. The molecule has 0 aliphatic heterocycles. The third-order valence-electron chi connectivity index (χ3n) is 2.89. The molecule has 20 heavy (non-hydrogen) atoms. The molecule has 0 heterocycles. The molecule has 0 spiro atoms. The number of sulfone groups is 1. The predicted octanol–water partition coefficient (Wildman–Crippen LogP) is 0.195. The number of nitrogens with one attached hydrogen (secondary N) is 2. The van der Waals surface area contributed by atoms with Crippen molar-refractivity contribution in [1.82, 2.24) is 10.6 Å². The number of urea groups is 1. The number of benzene rings is 1. The van der Waals surface area contributed by atoms with Crippen molar-refractivity contribution in [3.63, 3.8) is 0 Å². The summed E-state index contributed by atoms with van der Waals surface area (Å²) < 4.78 is 24.7. The standard InChI is InChI=1S/C12H17N3O4S/c1-7-5-4-6-9(10(7)13)20(18,19)8(2)11(16)15-12(17)14-3/h4-6,8H,13H2,1-3H3,(H2,14,15,16,17). The van der Waals surface area contributed by atoms with Gasteiger partial charge in [0.2, 0.25) is 5.91 Å². The van der Waals surface area contributed by atoms with Gasteiger partial charge in [-0.1, -0.05) is 12.1 Å². The minimum absolute atomic E-state index is 0.104. The maximum absolute atomic E-state index is 12.3. The number of aryl methyl sites for hydroxylation is 1. The number of nitrogens with two attached hydrogens (primary N) is 1. The molecule has 1 unspecified atom stereocenters. The van der Waals surface area contributed by atoms with Crippen molar-refractivity contribution in [2.75, 3.05) is 12.8 Å². The summed E-state index contributed by atoms with van der Waals surface area (Å²) in [5.74, 6) is -0.912. The van der Waals surface area contributed by atoms with E-state index in [1.54, 1.807) is 19.1 Å². The molecule has 3 amide bonds. The van der Waals surface area contributed by atoms with Crippen LogP contribution < -0.4 is 16.4 Å². The van der Waals surface area contributed by atoms with Gasteiger partial charge in [0.05, 0.1) is 10.6 Å². The second-order valence-corrected chi connectivity index (χ2v) is 6.48. The SMILES string of the molecule is CNC(=O)NC(=O)C(C)S(=O)(=O)c1cccc(C)c1N. The molecule has 1 rings (SSSR count). The first-order chi connectivity index (χ1) is 9.21. The number of hydrogen-bond acceptors (Lipinski definition) is 5. The van der Waals surface area contributed by atoms with Crippen LogP contribution in [0.4, 0.5) is 10.5 Å². The van der Waals surface area contributed by atoms with E-state index in [1.807, 2.05) is 5.32 Å². The second-order valence-electron chi connectivity index (χ2n) is 4.24. The third kappa shape index (κ3) is 3.08. The van der Waals surface area contributed by atoms with Crippen molar-refractivity contribution in [2.45, 2.75) is 24.0 Å². The molecular formula is C12H17N3O4S. The van der Waals surface area contributed by atoms with Crippen LogP contribution in [-0.2, 0) is 14.6 Å². The van der Waals surface area contributed by atoms with Crippen LogP contribution in [0, 0.1) is 6.92 Å². The molecule has 0 bridgehead atoms. The van der Waals surface area contributed by atoms with E-state index in [9.17, 15) is 18.0 Å². The van der Waals surface area contributed by atoms with Crippen molar-refractivity contribution in [2.24, 2.45) is 0 Å². The van der Waals surface area contributed by atoms with Crippen LogP contribution in [0.2, 0.25) is 0 Å². The molecule has 8 heteroatoms. The summed E-state index contributed by atoms with van der Waals surface area (Å²) in [4.78, 5) is 22.7. The smallest absolute Gasteiger partial charge is 0.321 e. The van der Waals surface area contributed by atoms with Crippen LogP contribution in [0.15, 0.2) is 23.1 Å². The molecule has 1 aromatic carbocycles. The quantitative estimate of drug-likeness (QED) is 0.689. The Morgan fingerprint density at radius 2 is 1.90 bits per heavy atom. The number of imide groups is 1. The lowest BCUT2D eigenvalue weighted by Crippen LogP contribution is -2.44. The lowest BCUT2D eigenvalue weighted by atomic mass is 10.2. The van der Waals surface area contributed by atoms with Gasteiger partial charge in [0, 0.05) is 7.05 Å². The van der Waals surface area contributed by atoms with Crippen LogP contribution in [0.1, 0.15) is 12.5 Å². The Kier molecular flexibility index (Phi) is 4.72. The highest BCUT2D eigenvalue weighted by molar-refractivity contribution is 7.93. The molecule has 0 saturated heterocycles. The molecule has 0 aliphatic carbocycles. The molecule has 1 atom stereocenters. The zero-order chi connectivity index (χ0) is 15.5. The van der Waals surface area contributed by atoms with Gasteiger partial charge in [-0.15, -0.1) is 0 Å². The van der Waals surface area contributed by atoms with Crippen LogP contribution in [0.3, 0.4) is 0 Å². The number of anilines is 1. The molecule has 4 N–H and O–H groups in total. The van der Waals surface area contributed by atoms with Crippen molar-refractivity contribution >= 4 is 27.5 Å². The average molecular weight is 299 g/mol. The third-order valence-corrected chi connectivity index (χ3v) is 5.00. The van der Waals surface area contributed by atoms with Gasteiger partial charge in [0.15, 0.2) is 9.84 Å². The summed E-state index contributed by atoms with van der Waals surface area (Å²) >= 11 is 0. The Hall–Kier alpha value is -2.09. The minimum atomic E-state index is -3.96.